The highest BCUT2D eigenvalue weighted by Crippen LogP contribution is 2.32. The smallest absolute Gasteiger partial charge is 0.280 e. The Labute approximate surface area is 166 Å². The van der Waals surface area contributed by atoms with Crippen molar-refractivity contribution in [3.05, 3.63) is 70.7 Å². The fraction of sp³-hybridized carbons (Fsp3) is 0.238. The van der Waals surface area contributed by atoms with Crippen molar-refractivity contribution in [2.75, 3.05) is 0 Å². The lowest BCUT2D eigenvalue weighted by Crippen LogP contribution is -2.22. The number of hydrogen-bond donors (Lipinski definition) is 0. The van der Waals surface area contributed by atoms with Gasteiger partial charge in [-0.15, -0.1) is 5.10 Å². The molecule has 29 heavy (non-hydrogen) atoms. The van der Waals surface area contributed by atoms with Gasteiger partial charge in [0.2, 0.25) is 5.82 Å². The van der Waals surface area contributed by atoms with Crippen LogP contribution >= 0.6 is 0 Å². The van der Waals surface area contributed by atoms with Gasteiger partial charge in [-0.1, -0.05) is 46.3 Å². The molecule has 0 radical (unpaired) electrons. The second kappa shape index (κ2) is 6.89. The molecule has 5 rings (SSSR count). The van der Waals surface area contributed by atoms with Crippen LogP contribution in [0.25, 0.3) is 23.0 Å². The van der Waals surface area contributed by atoms with Gasteiger partial charge in [0.05, 0.1) is 18.8 Å². The lowest BCUT2D eigenvalue weighted by molar-refractivity contribution is -0.00153. The van der Waals surface area contributed by atoms with Crippen LogP contribution in [-0.2, 0) is 17.9 Å². The Morgan fingerprint density at radius 3 is 2.86 bits per heavy atom. The molecule has 7 nitrogen and oxygen atoms in total. The molecular weight excluding hydrogens is 373 g/mol. The van der Waals surface area contributed by atoms with E-state index in [1.54, 1.807) is 12.1 Å². The molecule has 0 saturated carbocycles. The molecule has 0 N–H and O–H groups in total. The minimum absolute atomic E-state index is 0.0943. The van der Waals surface area contributed by atoms with Crippen LogP contribution in [0.3, 0.4) is 0 Å². The zero-order valence-corrected chi connectivity index (χ0v) is 16.0. The number of fused-ring (bicyclic) bond motifs is 1. The molecule has 0 bridgehead atoms. The molecule has 2 aromatic carbocycles. The molecule has 146 valence electrons. The average molecular weight is 391 g/mol. The van der Waals surface area contributed by atoms with Gasteiger partial charge in [0.25, 0.3) is 5.89 Å². The van der Waals surface area contributed by atoms with Crippen molar-refractivity contribution in [3.63, 3.8) is 0 Å². The number of ether oxygens (including phenoxy) is 1. The Morgan fingerprint density at radius 1 is 1.14 bits per heavy atom. The third kappa shape index (κ3) is 3.21. The van der Waals surface area contributed by atoms with Crippen molar-refractivity contribution in [1.29, 1.82) is 0 Å². The van der Waals surface area contributed by atoms with E-state index in [1.165, 1.54) is 23.3 Å². The molecule has 0 saturated heterocycles. The highest BCUT2D eigenvalue weighted by atomic mass is 19.1. The molecular formula is C21H18FN5O2. The third-order valence-corrected chi connectivity index (χ3v) is 5.08. The summed E-state index contributed by atoms with van der Waals surface area (Å²) in [5.41, 5.74) is 5.35. The predicted molar refractivity (Wildman–Crippen MR) is 102 cm³/mol. The molecule has 0 fully saturated rings. The van der Waals surface area contributed by atoms with Crippen molar-refractivity contribution in [1.82, 2.24) is 25.1 Å². The van der Waals surface area contributed by atoms with Crippen LogP contribution < -0.4 is 0 Å². The Balaban J connectivity index is 1.42. The second-order valence-electron chi connectivity index (χ2n) is 7.16. The van der Waals surface area contributed by atoms with E-state index in [4.69, 9.17) is 9.26 Å². The normalized spacial score (nSPS) is 16.0. The largest absolute Gasteiger partial charge is 0.365 e. The van der Waals surface area contributed by atoms with Gasteiger partial charge in [0.15, 0.2) is 5.69 Å². The molecule has 1 aliphatic rings. The van der Waals surface area contributed by atoms with Crippen molar-refractivity contribution in [3.8, 4) is 23.0 Å². The minimum Gasteiger partial charge on any atom is -0.365 e. The number of benzene rings is 2. The summed E-state index contributed by atoms with van der Waals surface area (Å²) >= 11 is 0. The molecule has 0 amide bonds. The highest BCUT2D eigenvalue weighted by Gasteiger charge is 2.28. The summed E-state index contributed by atoms with van der Waals surface area (Å²) in [6.07, 6.45) is -0.0943. The number of hydrogen-bond acceptors (Lipinski definition) is 6. The summed E-state index contributed by atoms with van der Waals surface area (Å²) in [5.74, 6) is 0.172. The van der Waals surface area contributed by atoms with E-state index in [-0.39, 0.29) is 17.8 Å². The van der Waals surface area contributed by atoms with Gasteiger partial charge in [-0.25, -0.2) is 9.07 Å². The van der Waals surface area contributed by atoms with Gasteiger partial charge in [0.1, 0.15) is 11.9 Å². The summed E-state index contributed by atoms with van der Waals surface area (Å²) in [7, 11) is 0. The number of rotatable bonds is 3. The monoisotopic (exact) mass is 391 g/mol. The second-order valence-corrected chi connectivity index (χ2v) is 7.16. The van der Waals surface area contributed by atoms with Crippen molar-refractivity contribution in [2.45, 2.75) is 33.1 Å². The maximum atomic E-state index is 13.5. The first kappa shape index (κ1) is 17.7. The highest BCUT2D eigenvalue weighted by molar-refractivity contribution is 5.58. The Kier molecular flexibility index (Phi) is 4.21. The molecule has 0 aliphatic carbocycles. The van der Waals surface area contributed by atoms with E-state index in [2.05, 4.69) is 52.5 Å². The Bertz CT molecular complexity index is 1200. The lowest BCUT2D eigenvalue weighted by atomic mass is 10.0. The number of aromatic nitrogens is 5. The third-order valence-electron chi connectivity index (χ3n) is 5.08. The van der Waals surface area contributed by atoms with Crippen LogP contribution in [0.1, 0.15) is 28.5 Å². The Hall–Kier alpha value is -3.39. The van der Waals surface area contributed by atoms with Crippen LogP contribution in [0.5, 0.6) is 0 Å². The lowest BCUT2D eigenvalue weighted by Gasteiger charge is -2.25. The van der Waals surface area contributed by atoms with Crippen molar-refractivity contribution >= 4 is 0 Å². The van der Waals surface area contributed by atoms with Gasteiger partial charge in [-0.2, -0.15) is 4.98 Å². The van der Waals surface area contributed by atoms with Crippen LogP contribution in [0.4, 0.5) is 4.39 Å². The topological polar surface area (TPSA) is 78.9 Å². The van der Waals surface area contributed by atoms with E-state index in [0.29, 0.717) is 30.2 Å². The zero-order valence-electron chi connectivity index (χ0n) is 16.0. The van der Waals surface area contributed by atoms with Gasteiger partial charge in [0, 0.05) is 5.56 Å². The van der Waals surface area contributed by atoms with E-state index in [1.807, 2.05) is 4.68 Å². The first-order valence-electron chi connectivity index (χ1n) is 9.29. The van der Waals surface area contributed by atoms with Crippen LogP contribution in [0.15, 0.2) is 47.0 Å². The number of nitrogens with zero attached hydrogens (tertiary/aromatic N) is 5. The predicted octanol–water partition coefficient (Wildman–Crippen LogP) is 4.02. The Morgan fingerprint density at radius 2 is 2.03 bits per heavy atom. The maximum absolute atomic E-state index is 13.5. The number of aryl methyl sites for hydroxylation is 2. The summed E-state index contributed by atoms with van der Waals surface area (Å²) < 4.78 is 26.7. The fourth-order valence-electron chi connectivity index (χ4n) is 3.62. The van der Waals surface area contributed by atoms with Crippen LogP contribution in [0, 0.1) is 19.7 Å². The summed E-state index contributed by atoms with van der Waals surface area (Å²) in [5, 5.41) is 12.4. The summed E-state index contributed by atoms with van der Waals surface area (Å²) in [6.45, 7) is 5.04. The molecule has 0 unspecified atom stereocenters. The summed E-state index contributed by atoms with van der Waals surface area (Å²) in [6, 6.07) is 12.4. The SMILES string of the molecule is Cc1ccc([C@H]2Cn3nnc(-c4nc(-c5cccc(F)c5)no4)c3CO2)c(C)c1. The standard InChI is InChI=1S/C21H18FN5O2/c1-12-6-7-16(13(2)8-12)18-10-27-17(11-28-18)19(24-26-27)21-23-20(25-29-21)14-4-3-5-15(22)9-14/h3-9,18H,10-11H2,1-2H3/t18-/m1/s1. The van der Waals surface area contributed by atoms with Gasteiger partial charge in [-0.05, 0) is 37.1 Å². The molecule has 2 aromatic heterocycles. The van der Waals surface area contributed by atoms with E-state index < -0.39 is 0 Å². The molecule has 1 aliphatic heterocycles. The average Bonchev–Trinajstić information content (AvgIpc) is 3.34. The number of halogens is 1. The zero-order chi connectivity index (χ0) is 20.0. The minimum atomic E-state index is -0.360. The summed E-state index contributed by atoms with van der Waals surface area (Å²) in [4.78, 5) is 4.36. The maximum Gasteiger partial charge on any atom is 0.280 e. The first-order valence-corrected chi connectivity index (χ1v) is 9.29. The van der Waals surface area contributed by atoms with Gasteiger partial charge >= 0.3 is 0 Å². The first-order chi connectivity index (χ1) is 14.1. The molecule has 0 spiro atoms. The molecule has 4 aromatic rings. The van der Waals surface area contributed by atoms with Crippen LogP contribution in [-0.4, -0.2) is 25.1 Å². The molecule has 1 atom stereocenters. The van der Waals surface area contributed by atoms with E-state index in [0.717, 1.165) is 11.3 Å². The quantitative estimate of drug-likeness (QED) is 0.525. The van der Waals surface area contributed by atoms with Gasteiger partial charge in [-0.3, -0.25) is 0 Å². The van der Waals surface area contributed by atoms with Crippen molar-refractivity contribution in [2.24, 2.45) is 0 Å². The molecule has 8 heteroatoms. The van der Waals surface area contributed by atoms with E-state index >= 15 is 0 Å². The fourth-order valence-corrected chi connectivity index (χ4v) is 3.62. The molecule has 3 heterocycles. The van der Waals surface area contributed by atoms with Crippen LogP contribution in [0.2, 0.25) is 0 Å². The van der Waals surface area contributed by atoms with Gasteiger partial charge < -0.3 is 9.26 Å². The van der Waals surface area contributed by atoms with Crippen molar-refractivity contribution < 1.29 is 13.7 Å². The van der Waals surface area contributed by atoms with E-state index in [9.17, 15) is 4.39 Å².